The summed E-state index contributed by atoms with van der Waals surface area (Å²) in [5, 5.41) is 3.17. The number of hydrogen-bond donors (Lipinski definition) is 3. The molecule has 0 aliphatic carbocycles. The predicted molar refractivity (Wildman–Crippen MR) is 107 cm³/mol. The smallest absolute Gasteiger partial charge is 0.328 e. The zero-order chi connectivity index (χ0) is 18.8. The third-order valence-electron chi connectivity index (χ3n) is 4.37. The minimum Gasteiger partial charge on any atom is -0.382 e. The lowest BCUT2D eigenvalue weighted by molar-refractivity contribution is 0.777. The number of fused-ring (bicyclic) bond motifs is 1. The van der Waals surface area contributed by atoms with Crippen molar-refractivity contribution in [1.29, 1.82) is 0 Å². The van der Waals surface area contributed by atoms with Crippen LogP contribution in [0.2, 0.25) is 0 Å². The molecule has 0 unspecified atom stereocenters. The first-order valence-corrected chi connectivity index (χ1v) is 8.69. The number of aromatic nitrogens is 4. The normalized spacial score (nSPS) is 11.0. The first-order valence-electron chi connectivity index (χ1n) is 8.69. The quantitative estimate of drug-likeness (QED) is 0.508. The summed E-state index contributed by atoms with van der Waals surface area (Å²) in [5.74, 6) is 0.636. The van der Waals surface area contributed by atoms with E-state index in [2.05, 4.69) is 20.3 Å². The number of rotatable bonds is 5. The van der Waals surface area contributed by atoms with E-state index >= 15 is 0 Å². The lowest BCUT2D eigenvalue weighted by atomic mass is 10.1. The maximum Gasteiger partial charge on any atom is 0.328 e. The van der Waals surface area contributed by atoms with E-state index in [1.807, 2.05) is 61.5 Å². The molecule has 0 saturated carbocycles. The molecule has 136 valence electrons. The van der Waals surface area contributed by atoms with Gasteiger partial charge in [-0.1, -0.05) is 60.2 Å². The minimum atomic E-state index is -0.257. The van der Waals surface area contributed by atoms with Crippen molar-refractivity contribution in [3.63, 3.8) is 0 Å². The molecule has 2 aromatic heterocycles. The SMILES string of the molecule is Cc1cccc(Cn2c(=O)[nH]c3c(N)nc(NCc4ccccc4)nc32)c1. The van der Waals surface area contributed by atoms with E-state index in [9.17, 15) is 4.79 Å². The topological polar surface area (TPSA) is 102 Å². The highest BCUT2D eigenvalue weighted by Gasteiger charge is 2.14. The second kappa shape index (κ2) is 6.95. The largest absolute Gasteiger partial charge is 0.382 e. The number of nitrogen functional groups attached to an aromatic ring is 1. The summed E-state index contributed by atoms with van der Waals surface area (Å²) in [6.07, 6.45) is 0. The highest BCUT2D eigenvalue weighted by molar-refractivity contribution is 5.82. The van der Waals surface area contributed by atoms with Crippen molar-refractivity contribution in [3.05, 3.63) is 81.8 Å². The van der Waals surface area contributed by atoms with Crippen molar-refractivity contribution in [2.24, 2.45) is 0 Å². The van der Waals surface area contributed by atoms with E-state index < -0.39 is 0 Å². The summed E-state index contributed by atoms with van der Waals surface area (Å²) in [6.45, 7) is 3.00. The highest BCUT2D eigenvalue weighted by Crippen LogP contribution is 2.18. The van der Waals surface area contributed by atoms with Gasteiger partial charge in [0.15, 0.2) is 11.5 Å². The lowest BCUT2D eigenvalue weighted by Gasteiger charge is -2.08. The van der Waals surface area contributed by atoms with Gasteiger partial charge in [-0.25, -0.2) is 4.79 Å². The molecule has 0 aliphatic rings. The molecule has 4 aromatic rings. The van der Waals surface area contributed by atoms with Crippen LogP contribution in [0.3, 0.4) is 0 Å². The third kappa shape index (κ3) is 3.52. The summed E-state index contributed by atoms with van der Waals surface area (Å²) in [7, 11) is 0. The maximum absolute atomic E-state index is 12.4. The third-order valence-corrected chi connectivity index (χ3v) is 4.37. The van der Waals surface area contributed by atoms with Crippen LogP contribution >= 0.6 is 0 Å². The molecular weight excluding hydrogens is 340 g/mol. The van der Waals surface area contributed by atoms with Crippen LogP contribution < -0.4 is 16.7 Å². The average molecular weight is 360 g/mol. The summed E-state index contributed by atoms with van der Waals surface area (Å²) < 4.78 is 1.58. The van der Waals surface area contributed by atoms with Crippen molar-refractivity contribution in [2.45, 2.75) is 20.0 Å². The Kier molecular flexibility index (Phi) is 4.33. The van der Waals surface area contributed by atoms with Crippen molar-refractivity contribution in [1.82, 2.24) is 19.5 Å². The Morgan fingerprint density at radius 3 is 2.63 bits per heavy atom. The molecule has 0 bridgehead atoms. The number of anilines is 2. The van der Waals surface area contributed by atoms with Crippen LogP contribution in [0.5, 0.6) is 0 Å². The van der Waals surface area contributed by atoms with E-state index in [0.29, 0.717) is 30.2 Å². The van der Waals surface area contributed by atoms with Crippen LogP contribution in [0.25, 0.3) is 11.2 Å². The number of nitrogens with two attached hydrogens (primary N) is 1. The molecule has 2 aromatic carbocycles. The molecule has 7 nitrogen and oxygen atoms in total. The van der Waals surface area contributed by atoms with Gasteiger partial charge in [-0.15, -0.1) is 0 Å². The molecule has 7 heteroatoms. The number of aromatic amines is 1. The maximum atomic E-state index is 12.4. The molecule has 2 heterocycles. The molecule has 0 atom stereocenters. The van der Waals surface area contributed by atoms with Gasteiger partial charge in [0, 0.05) is 6.54 Å². The van der Waals surface area contributed by atoms with Crippen molar-refractivity contribution < 1.29 is 0 Å². The van der Waals surface area contributed by atoms with Crippen molar-refractivity contribution in [2.75, 3.05) is 11.1 Å². The Labute approximate surface area is 155 Å². The van der Waals surface area contributed by atoms with Gasteiger partial charge in [0.2, 0.25) is 5.95 Å². The Balaban J connectivity index is 1.68. The molecule has 0 saturated heterocycles. The Morgan fingerprint density at radius 2 is 1.85 bits per heavy atom. The van der Waals surface area contributed by atoms with Gasteiger partial charge in [0.05, 0.1) is 6.54 Å². The molecule has 4 rings (SSSR count). The fourth-order valence-electron chi connectivity index (χ4n) is 3.05. The molecular formula is C20H20N6O. The van der Waals surface area contributed by atoms with Gasteiger partial charge in [0.1, 0.15) is 5.52 Å². The number of benzene rings is 2. The monoisotopic (exact) mass is 360 g/mol. The van der Waals surface area contributed by atoms with Gasteiger partial charge in [0.25, 0.3) is 0 Å². The molecule has 27 heavy (non-hydrogen) atoms. The highest BCUT2D eigenvalue weighted by atomic mass is 16.1. The number of nitrogens with one attached hydrogen (secondary N) is 2. The van der Waals surface area contributed by atoms with Crippen LogP contribution in [0.4, 0.5) is 11.8 Å². The number of aryl methyl sites for hydroxylation is 1. The molecule has 0 radical (unpaired) electrons. The van der Waals surface area contributed by atoms with Gasteiger partial charge >= 0.3 is 5.69 Å². The van der Waals surface area contributed by atoms with E-state index in [-0.39, 0.29) is 11.5 Å². The minimum absolute atomic E-state index is 0.246. The second-order valence-electron chi connectivity index (χ2n) is 6.48. The van der Waals surface area contributed by atoms with Gasteiger partial charge < -0.3 is 16.0 Å². The van der Waals surface area contributed by atoms with Crippen LogP contribution in [-0.4, -0.2) is 19.5 Å². The van der Waals surface area contributed by atoms with Crippen molar-refractivity contribution in [3.8, 4) is 0 Å². The zero-order valence-electron chi connectivity index (χ0n) is 14.9. The molecule has 0 amide bonds. The summed E-state index contributed by atoms with van der Waals surface area (Å²) in [5.41, 5.74) is 10.0. The Bertz CT molecular complexity index is 1150. The number of nitrogens with zero attached hydrogens (tertiary/aromatic N) is 3. The van der Waals surface area contributed by atoms with E-state index in [0.717, 1.165) is 16.7 Å². The summed E-state index contributed by atoms with van der Waals surface area (Å²) in [6, 6.07) is 18.0. The number of imidazole rings is 1. The van der Waals surface area contributed by atoms with Gasteiger partial charge in [-0.3, -0.25) is 4.57 Å². The van der Waals surface area contributed by atoms with Crippen LogP contribution in [-0.2, 0) is 13.1 Å². The van der Waals surface area contributed by atoms with Crippen molar-refractivity contribution >= 4 is 22.9 Å². The van der Waals surface area contributed by atoms with Crippen LogP contribution in [0.15, 0.2) is 59.4 Å². The average Bonchev–Trinajstić information content (AvgIpc) is 2.97. The molecule has 0 fully saturated rings. The van der Waals surface area contributed by atoms with E-state index in [1.165, 1.54) is 0 Å². The summed E-state index contributed by atoms with van der Waals surface area (Å²) >= 11 is 0. The fraction of sp³-hybridized carbons (Fsp3) is 0.150. The summed E-state index contributed by atoms with van der Waals surface area (Å²) in [4.78, 5) is 24.0. The molecule has 0 spiro atoms. The van der Waals surface area contributed by atoms with E-state index in [4.69, 9.17) is 5.73 Å². The fourth-order valence-corrected chi connectivity index (χ4v) is 3.05. The first-order chi connectivity index (χ1) is 13.1. The molecule has 0 aliphatic heterocycles. The first kappa shape index (κ1) is 16.8. The van der Waals surface area contributed by atoms with Crippen LogP contribution in [0.1, 0.15) is 16.7 Å². The van der Waals surface area contributed by atoms with Gasteiger partial charge in [-0.05, 0) is 18.1 Å². The second-order valence-corrected chi connectivity index (χ2v) is 6.48. The lowest BCUT2D eigenvalue weighted by Crippen LogP contribution is -2.18. The Hall–Kier alpha value is -3.61. The molecule has 4 N–H and O–H groups in total. The number of H-pyrrole nitrogens is 1. The predicted octanol–water partition coefficient (Wildman–Crippen LogP) is 2.67. The van der Waals surface area contributed by atoms with E-state index in [1.54, 1.807) is 4.57 Å². The van der Waals surface area contributed by atoms with Crippen LogP contribution in [0, 0.1) is 6.92 Å². The number of hydrogen-bond acceptors (Lipinski definition) is 5. The Morgan fingerprint density at radius 1 is 1.07 bits per heavy atom. The standard InChI is InChI=1S/C20H20N6O/c1-13-6-5-9-15(10-13)12-26-18-16(23-20(26)27)17(21)24-19(25-18)22-11-14-7-3-2-4-8-14/h2-10H,11-12H2,1H3,(H,23,27)(H3,21,22,24,25). The van der Waals surface area contributed by atoms with Gasteiger partial charge in [-0.2, -0.15) is 9.97 Å². The zero-order valence-corrected chi connectivity index (χ0v) is 14.9.